The minimum atomic E-state index is -0.749. The third-order valence-corrected chi connectivity index (χ3v) is 5.08. The lowest BCUT2D eigenvalue weighted by molar-refractivity contribution is -0.137. The van der Waals surface area contributed by atoms with Crippen LogP contribution in [0.2, 0.25) is 0 Å². The molecule has 1 saturated heterocycles. The van der Waals surface area contributed by atoms with E-state index in [1.165, 1.54) is 0 Å². The van der Waals surface area contributed by atoms with Crippen molar-refractivity contribution in [3.05, 3.63) is 0 Å². The van der Waals surface area contributed by atoms with Crippen LogP contribution in [0.25, 0.3) is 0 Å². The number of carbonyl (C=O) groups excluding carboxylic acids is 1. The van der Waals surface area contributed by atoms with Crippen molar-refractivity contribution in [3.8, 4) is 0 Å². The second kappa shape index (κ2) is 9.92. The highest BCUT2D eigenvalue weighted by molar-refractivity contribution is 7.99. The van der Waals surface area contributed by atoms with E-state index in [1.54, 1.807) is 0 Å². The van der Waals surface area contributed by atoms with Gasteiger partial charge in [-0.25, -0.2) is 4.79 Å². The minimum Gasteiger partial charge on any atom is -0.481 e. The average molecular weight is 316 g/mol. The number of aliphatic carboxylic acids is 1. The molecule has 0 spiro atoms. The van der Waals surface area contributed by atoms with Crippen LogP contribution < -0.4 is 10.6 Å². The summed E-state index contributed by atoms with van der Waals surface area (Å²) < 4.78 is 0. The third kappa shape index (κ3) is 8.19. The molecule has 0 aromatic rings. The first-order valence-electron chi connectivity index (χ1n) is 7.83. The topological polar surface area (TPSA) is 78.4 Å². The van der Waals surface area contributed by atoms with Gasteiger partial charge in [0.15, 0.2) is 0 Å². The van der Waals surface area contributed by atoms with Gasteiger partial charge >= 0.3 is 12.0 Å². The number of carboxylic acids is 1. The molecule has 0 saturated carbocycles. The molecule has 0 aromatic heterocycles. The fourth-order valence-corrected chi connectivity index (χ4v) is 3.68. The Bertz CT molecular complexity index is 331. The molecule has 122 valence electrons. The summed E-state index contributed by atoms with van der Waals surface area (Å²) in [5.41, 5.74) is 0. The molecule has 21 heavy (non-hydrogen) atoms. The van der Waals surface area contributed by atoms with Gasteiger partial charge in [-0.15, -0.1) is 0 Å². The van der Waals surface area contributed by atoms with Crippen LogP contribution in [-0.4, -0.2) is 41.2 Å². The van der Waals surface area contributed by atoms with Crippen molar-refractivity contribution >= 4 is 23.8 Å². The monoisotopic (exact) mass is 316 g/mol. The first-order valence-corrected chi connectivity index (χ1v) is 8.98. The molecular weight excluding hydrogens is 288 g/mol. The van der Waals surface area contributed by atoms with Gasteiger partial charge in [-0.1, -0.05) is 13.8 Å². The van der Waals surface area contributed by atoms with Gasteiger partial charge in [-0.3, -0.25) is 4.79 Å². The van der Waals surface area contributed by atoms with Gasteiger partial charge in [0.1, 0.15) is 0 Å². The molecule has 1 unspecified atom stereocenters. The molecule has 1 rings (SSSR count). The summed E-state index contributed by atoms with van der Waals surface area (Å²) >= 11 is 1.94. The average Bonchev–Trinajstić information content (AvgIpc) is 2.43. The van der Waals surface area contributed by atoms with Crippen molar-refractivity contribution in [2.75, 3.05) is 18.1 Å². The lowest BCUT2D eigenvalue weighted by Crippen LogP contribution is -2.44. The Hall–Kier alpha value is -0.910. The number of urea groups is 1. The van der Waals surface area contributed by atoms with Crippen molar-refractivity contribution < 1.29 is 14.7 Å². The van der Waals surface area contributed by atoms with Crippen molar-refractivity contribution in [3.63, 3.8) is 0 Å². The summed E-state index contributed by atoms with van der Waals surface area (Å²) in [5.74, 6) is 2.27. The predicted molar refractivity (Wildman–Crippen MR) is 86.7 cm³/mol. The first-order chi connectivity index (χ1) is 9.99. The van der Waals surface area contributed by atoms with Gasteiger partial charge in [0.25, 0.3) is 0 Å². The van der Waals surface area contributed by atoms with E-state index in [2.05, 4.69) is 24.5 Å². The number of nitrogens with one attached hydrogen (secondary N) is 2. The summed E-state index contributed by atoms with van der Waals surface area (Å²) in [6.45, 7) is 4.81. The normalized spacial score (nSPS) is 17.5. The predicted octanol–water partition coefficient (Wildman–Crippen LogP) is 2.71. The number of hydrogen-bond acceptors (Lipinski definition) is 3. The Morgan fingerprint density at radius 3 is 2.48 bits per heavy atom. The zero-order valence-electron chi connectivity index (χ0n) is 13.1. The number of amides is 2. The van der Waals surface area contributed by atoms with Crippen LogP contribution in [-0.2, 0) is 4.79 Å². The fraction of sp³-hybridized carbons (Fsp3) is 0.867. The number of carbonyl (C=O) groups is 2. The number of carboxylic acid groups (broad SMARTS) is 1. The van der Waals surface area contributed by atoms with Crippen molar-refractivity contribution in [2.24, 2.45) is 11.8 Å². The van der Waals surface area contributed by atoms with E-state index in [0.717, 1.165) is 30.8 Å². The van der Waals surface area contributed by atoms with E-state index >= 15 is 0 Å². The molecule has 0 aromatic carbocycles. The molecule has 0 aliphatic carbocycles. The van der Waals surface area contributed by atoms with Gasteiger partial charge in [-0.05, 0) is 49.0 Å². The van der Waals surface area contributed by atoms with E-state index < -0.39 is 5.97 Å². The van der Waals surface area contributed by atoms with Crippen LogP contribution in [0, 0.1) is 11.8 Å². The van der Waals surface area contributed by atoms with Crippen molar-refractivity contribution in [1.82, 2.24) is 10.6 Å². The Balaban J connectivity index is 2.19. The van der Waals surface area contributed by atoms with Crippen LogP contribution in [0.3, 0.4) is 0 Å². The maximum Gasteiger partial charge on any atom is 0.315 e. The van der Waals surface area contributed by atoms with Crippen molar-refractivity contribution in [2.45, 2.75) is 52.0 Å². The second-order valence-corrected chi connectivity index (χ2v) is 7.24. The van der Waals surface area contributed by atoms with Gasteiger partial charge in [0.2, 0.25) is 0 Å². The van der Waals surface area contributed by atoms with Crippen LogP contribution in [0.4, 0.5) is 4.79 Å². The van der Waals surface area contributed by atoms with Gasteiger partial charge in [0, 0.05) is 19.0 Å². The van der Waals surface area contributed by atoms with E-state index in [1.807, 2.05) is 11.8 Å². The smallest absolute Gasteiger partial charge is 0.315 e. The van der Waals surface area contributed by atoms with Crippen molar-refractivity contribution in [1.29, 1.82) is 0 Å². The zero-order valence-corrected chi connectivity index (χ0v) is 13.9. The van der Waals surface area contributed by atoms with Crippen LogP contribution in [0.1, 0.15) is 46.0 Å². The zero-order chi connectivity index (χ0) is 15.7. The molecule has 1 fully saturated rings. The largest absolute Gasteiger partial charge is 0.481 e. The standard InChI is InChI=1S/C15H28N2O3S/c1-11(2)12(3-4-14(18)19)5-8-16-15(20)17-13-6-9-21-10-7-13/h11-13H,3-10H2,1-2H3,(H,18,19)(H2,16,17,20). The lowest BCUT2D eigenvalue weighted by atomic mass is 9.88. The highest BCUT2D eigenvalue weighted by atomic mass is 32.2. The molecule has 6 heteroatoms. The van der Waals surface area contributed by atoms with Gasteiger partial charge in [0.05, 0.1) is 0 Å². The minimum absolute atomic E-state index is 0.0901. The number of thioether (sulfide) groups is 1. The SMILES string of the molecule is CC(C)C(CCNC(=O)NC1CCSCC1)CCC(=O)O. The quantitative estimate of drug-likeness (QED) is 0.643. The molecule has 0 bridgehead atoms. The molecule has 1 atom stereocenters. The van der Waals surface area contributed by atoms with Gasteiger partial charge in [-0.2, -0.15) is 11.8 Å². The molecule has 2 amide bonds. The second-order valence-electron chi connectivity index (χ2n) is 6.01. The summed E-state index contributed by atoms with van der Waals surface area (Å²) in [4.78, 5) is 22.5. The van der Waals surface area contributed by atoms with E-state index in [9.17, 15) is 9.59 Å². The molecule has 1 heterocycles. The molecular formula is C15H28N2O3S. The highest BCUT2D eigenvalue weighted by Gasteiger charge is 2.17. The maximum absolute atomic E-state index is 11.8. The summed E-state index contributed by atoms with van der Waals surface area (Å²) in [6, 6.07) is 0.215. The molecule has 5 nitrogen and oxygen atoms in total. The summed E-state index contributed by atoms with van der Waals surface area (Å²) in [5, 5.41) is 14.7. The Kier molecular flexibility index (Phi) is 8.57. The fourth-order valence-electron chi connectivity index (χ4n) is 2.57. The molecule has 1 aliphatic rings. The number of rotatable bonds is 8. The number of hydrogen-bond donors (Lipinski definition) is 3. The van der Waals surface area contributed by atoms with Crippen LogP contribution in [0.5, 0.6) is 0 Å². The molecule has 0 radical (unpaired) electrons. The summed E-state index contributed by atoms with van der Waals surface area (Å²) in [7, 11) is 0. The third-order valence-electron chi connectivity index (χ3n) is 4.03. The lowest BCUT2D eigenvalue weighted by Gasteiger charge is -2.23. The molecule has 3 N–H and O–H groups in total. The Morgan fingerprint density at radius 2 is 1.90 bits per heavy atom. The van der Waals surface area contributed by atoms with Crippen LogP contribution >= 0.6 is 11.8 Å². The maximum atomic E-state index is 11.8. The van der Waals surface area contributed by atoms with Gasteiger partial charge < -0.3 is 15.7 Å². The highest BCUT2D eigenvalue weighted by Crippen LogP contribution is 2.20. The van der Waals surface area contributed by atoms with Crippen LogP contribution in [0.15, 0.2) is 0 Å². The Labute approximate surface area is 131 Å². The van der Waals surface area contributed by atoms with E-state index in [-0.39, 0.29) is 12.5 Å². The first kappa shape index (κ1) is 18.1. The summed E-state index contributed by atoms with van der Waals surface area (Å²) in [6.07, 6.45) is 3.81. The Morgan fingerprint density at radius 1 is 1.24 bits per heavy atom. The van der Waals surface area contributed by atoms with E-state index in [0.29, 0.717) is 30.8 Å². The van der Waals surface area contributed by atoms with E-state index in [4.69, 9.17) is 5.11 Å². The molecule has 1 aliphatic heterocycles.